The Morgan fingerprint density at radius 1 is 0.913 bits per heavy atom. The lowest BCUT2D eigenvalue weighted by atomic mass is 10.0. The summed E-state index contributed by atoms with van der Waals surface area (Å²) in [6.07, 6.45) is 0.917. The number of hydrogen-bond acceptors (Lipinski definition) is 3. The van der Waals surface area contributed by atoms with E-state index in [2.05, 4.69) is 11.4 Å². The van der Waals surface area contributed by atoms with E-state index in [4.69, 9.17) is 10.2 Å². The molecule has 0 radical (unpaired) electrons. The van der Waals surface area contributed by atoms with E-state index >= 15 is 0 Å². The molecular formula is C18H21NO4. The number of carboxylic acid groups (broad SMARTS) is 2. The van der Waals surface area contributed by atoms with Crippen LogP contribution in [0.2, 0.25) is 0 Å². The second-order valence-electron chi connectivity index (χ2n) is 5.58. The molecule has 0 aliphatic carbocycles. The van der Waals surface area contributed by atoms with Gasteiger partial charge in [0.25, 0.3) is 0 Å². The van der Waals surface area contributed by atoms with Crippen LogP contribution >= 0.6 is 0 Å². The lowest BCUT2D eigenvalue weighted by Crippen LogP contribution is -2.30. The summed E-state index contributed by atoms with van der Waals surface area (Å²) >= 11 is 0. The van der Waals surface area contributed by atoms with Gasteiger partial charge in [-0.2, -0.15) is 0 Å². The van der Waals surface area contributed by atoms with Crippen LogP contribution in [0.1, 0.15) is 31.2 Å². The van der Waals surface area contributed by atoms with Gasteiger partial charge >= 0.3 is 11.9 Å². The van der Waals surface area contributed by atoms with Crippen molar-refractivity contribution in [3.05, 3.63) is 48.0 Å². The van der Waals surface area contributed by atoms with Crippen LogP contribution < -0.4 is 5.32 Å². The minimum atomic E-state index is -0.864. The zero-order valence-corrected chi connectivity index (χ0v) is 12.9. The highest BCUT2D eigenvalue weighted by atomic mass is 16.4. The van der Waals surface area contributed by atoms with Crippen LogP contribution in [-0.4, -0.2) is 28.2 Å². The molecule has 0 fully saturated rings. The average Bonchev–Trinajstić information content (AvgIpc) is 2.53. The number of benzene rings is 2. The van der Waals surface area contributed by atoms with Crippen LogP contribution in [-0.2, 0) is 16.1 Å². The minimum absolute atomic E-state index is 0.0345. The van der Waals surface area contributed by atoms with E-state index in [1.165, 1.54) is 0 Å². The van der Waals surface area contributed by atoms with Crippen molar-refractivity contribution in [1.29, 1.82) is 0 Å². The van der Waals surface area contributed by atoms with Crippen molar-refractivity contribution in [3.63, 3.8) is 0 Å². The molecule has 2 rings (SSSR count). The van der Waals surface area contributed by atoms with Crippen molar-refractivity contribution >= 4 is 22.7 Å². The molecule has 5 nitrogen and oxygen atoms in total. The van der Waals surface area contributed by atoms with Crippen LogP contribution in [0.5, 0.6) is 0 Å². The minimum Gasteiger partial charge on any atom is -0.481 e. The highest BCUT2D eigenvalue weighted by Crippen LogP contribution is 2.19. The Hall–Kier alpha value is -2.40. The van der Waals surface area contributed by atoms with E-state index in [1.54, 1.807) is 0 Å². The van der Waals surface area contributed by atoms with Gasteiger partial charge in [-0.1, -0.05) is 42.5 Å². The third-order valence-corrected chi connectivity index (χ3v) is 3.87. The Balaban J connectivity index is 2.03. The third kappa shape index (κ3) is 5.38. The summed E-state index contributed by atoms with van der Waals surface area (Å²) in [6, 6.07) is 14.0. The summed E-state index contributed by atoms with van der Waals surface area (Å²) in [5, 5.41) is 23.3. The molecule has 0 aromatic heterocycles. The van der Waals surface area contributed by atoms with Gasteiger partial charge < -0.3 is 15.5 Å². The number of aliphatic carboxylic acids is 2. The maximum atomic E-state index is 10.7. The van der Waals surface area contributed by atoms with Crippen LogP contribution in [0.4, 0.5) is 0 Å². The number of fused-ring (bicyclic) bond motifs is 1. The Labute approximate surface area is 134 Å². The first-order valence-electron chi connectivity index (χ1n) is 7.70. The smallest absolute Gasteiger partial charge is 0.303 e. The predicted octanol–water partition coefficient (Wildman–Crippen LogP) is 3.03. The fraction of sp³-hybridized carbons (Fsp3) is 0.333. The largest absolute Gasteiger partial charge is 0.481 e. The molecule has 0 atom stereocenters. The summed E-state index contributed by atoms with van der Waals surface area (Å²) in [6.45, 7) is 0.589. The van der Waals surface area contributed by atoms with Gasteiger partial charge in [-0.15, -0.1) is 0 Å². The Bertz CT molecular complexity index is 660. The molecule has 0 saturated heterocycles. The molecule has 0 amide bonds. The van der Waals surface area contributed by atoms with Gasteiger partial charge in [0.2, 0.25) is 0 Å². The van der Waals surface area contributed by atoms with Gasteiger partial charge in [-0.25, -0.2) is 0 Å². The van der Waals surface area contributed by atoms with Crippen molar-refractivity contribution in [2.75, 3.05) is 0 Å². The summed E-state index contributed by atoms with van der Waals surface area (Å²) in [4.78, 5) is 21.5. The highest BCUT2D eigenvalue weighted by molar-refractivity contribution is 5.85. The summed E-state index contributed by atoms with van der Waals surface area (Å²) < 4.78 is 0. The summed E-state index contributed by atoms with van der Waals surface area (Å²) in [5.41, 5.74) is 1.12. The standard InChI is InChI=1S/C18H21NO4/c20-17(21)10-8-15(9-11-18(22)23)19-12-14-6-3-5-13-4-1-2-7-16(13)14/h1-7,15,19H,8-12H2,(H,20,21)(H,22,23). The number of carboxylic acids is 2. The van der Waals surface area contributed by atoms with Crippen molar-refractivity contribution in [2.45, 2.75) is 38.3 Å². The molecule has 0 unspecified atom stereocenters. The molecule has 0 aliphatic heterocycles. The lowest BCUT2D eigenvalue weighted by Gasteiger charge is -2.18. The van der Waals surface area contributed by atoms with Crippen LogP contribution in [0.25, 0.3) is 10.8 Å². The molecule has 0 spiro atoms. The molecule has 0 bridgehead atoms. The molecule has 2 aromatic carbocycles. The Morgan fingerprint density at radius 3 is 2.17 bits per heavy atom. The highest BCUT2D eigenvalue weighted by Gasteiger charge is 2.13. The van der Waals surface area contributed by atoms with Crippen LogP contribution in [0, 0.1) is 0 Å². The zero-order chi connectivity index (χ0) is 16.7. The van der Waals surface area contributed by atoms with E-state index in [0.29, 0.717) is 19.4 Å². The lowest BCUT2D eigenvalue weighted by molar-refractivity contribution is -0.137. The Morgan fingerprint density at radius 2 is 1.52 bits per heavy atom. The molecular weight excluding hydrogens is 294 g/mol. The van der Waals surface area contributed by atoms with E-state index in [0.717, 1.165) is 16.3 Å². The fourth-order valence-electron chi connectivity index (χ4n) is 2.64. The molecule has 2 aromatic rings. The number of rotatable bonds is 9. The van der Waals surface area contributed by atoms with E-state index in [-0.39, 0.29) is 18.9 Å². The molecule has 0 aliphatic rings. The molecule has 0 saturated carbocycles. The topological polar surface area (TPSA) is 86.6 Å². The number of carbonyl (C=O) groups is 2. The van der Waals surface area contributed by atoms with Gasteiger partial charge in [0.15, 0.2) is 0 Å². The third-order valence-electron chi connectivity index (χ3n) is 3.87. The number of hydrogen-bond donors (Lipinski definition) is 3. The second-order valence-corrected chi connectivity index (χ2v) is 5.58. The quantitative estimate of drug-likeness (QED) is 0.662. The molecule has 23 heavy (non-hydrogen) atoms. The monoisotopic (exact) mass is 315 g/mol. The van der Waals surface area contributed by atoms with Gasteiger partial charge in [0.1, 0.15) is 0 Å². The molecule has 122 valence electrons. The average molecular weight is 315 g/mol. The van der Waals surface area contributed by atoms with Gasteiger partial charge in [-0.05, 0) is 29.2 Å². The summed E-state index contributed by atoms with van der Waals surface area (Å²) in [7, 11) is 0. The fourth-order valence-corrected chi connectivity index (χ4v) is 2.64. The van der Waals surface area contributed by atoms with Gasteiger partial charge in [0, 0.05) is 25.4 Å². The molecule has 0 heterocycles. The first-order chi connectivity index (χ1) is 11.1. The Kier molecular flexibility index (Phi) is 6.11. The second kappa shape index (κ2) is 8.29. The van der Waals surface area contributed by atoms with Crippen LogP contribution in [0.15, 0.2) is 42.5 Å². The molecule has 5 heteroatoms. The first-order valence-corrected chi connectivity index (χ1v) is 7.70. The zero-order valence-electron chi connectivity index (χ0n) is 12.9. The van der Waals surface area contributed by atoms with Crippen LogP contribution in [0.3, 0.4) is 0 Å². The van der Waals surface area contributed by atoms with E-state index < -0.39 is 11.9 Å². The van der Waals surface area contributed by atoms with Crippen molar-refractivity contribution < 1.29 is 19.8 Å². The molecule has 3 N–H and O–H groups in total. The van der Waals surface area contributed by atoms with Crippen molar-refractivity contribution in [1.82, 2.24) is 5.32 Å². The first kappa shape index (κ1) is 17.0. The SMILES string of the molecule is O=C(O)CCC(CCC(=O)O)NCc1cccc2ccccc12. The van der Waals surface area contributed by atoms with Crippen molar-refractivity contribution in [3.8, 4) is 0 Å². The van der Waals surface area contributed by atoms with Crippen molar-refractivity contribution in [2.24, 2.45) is 0 Å². The van der Waals surface area contributed by atoms with E-state index in [1.807, 2.05) is 36.4 Å². The maximum absolute atomic E-state index is 10.7. The summed E-state index contributed by atoms with van der Waals surface area (Å²) in [5.74, 6) is -1.73. The van der Waals surface area contributed by atoms with E-state index in [9.17, 15) is 9.59 Å². The number of nitrogens with one attached hydrogen (secondary N) is 1. The normalized spacial score (nSPS) is 11.0. The predicted molar refractivity (Wildman–Crippen MR) is 88.3 cm³/mol. The van der Waals surface area contributed by atoms with Gasteiger partial charge in [-0.3, -0.25) is 9.59 Å². The van der Waals surface area contributed by atoms with Gasteiger partial charge in [0.05, 0.1) is 0 Å². The maximum Gasteiger partial charge on any atom is 0.303 e.